The van der Waals surface area contributed by atoms with E-state index in [1.165, 1.54) is 12.8 Å². The third-order valence-corrected chi connectivity index (χ3v) is 4.92. The molecule has 1 saturated carbocycles. The van der Waals surface area contributed by atoms with E-state index < -0.39 is 0 Å². The molecule has 1 aliphatic rings. The van der Waals surface area contributed by atoms with Gasteiger partial charge in [-0.2, -0.15) is 0 Å². The predicted molar refractivity (Wildman–Crippen MR) is 87.1 cm³/mol. The first-order valence-electron chi connectivity index (χ1n) is 6.91. The Morgan fingerprint density at radius 3 is 3.00 bits per heavy atom. The molecular formula is C14H16Cl2N4S. The van der Waals surface area contributed by atoms with E-state index in [-0.39, 0.29) is 0 Å². The van der Waals surface area contributed by atoms with Crippen molar-refractivity contribution in [3.8, 4) is 0 Å². The van der Waals surface area contributed by atoms with Crippen LogP contribution in [0.4, 0.5) is 0 Å². The number of aromatic nitrogens is 3. The molecule has 3 rings (SSSR count). The number of nitrogens with zero attached hydrogens (tertiary/aromatic N) is 3. The van der Waals surface area contributed by atoms with Crippen molar-refractivity contribution in [2.75, 3.05) is 5.75 Å². The Bertz CT molecular complexity index is 613. The maximum absolute atomic E-state index is 6.14. The zero-order chi connectivity index (χ0) is 14.7. The maximum Gasteiger partial charge on any atom is 0.0964 e. The molecule has 2 aromatic rings. The van der Waals surface area contributed by atoms with Gasteiger partial charge in [-0.15, -0.1) is 16.9 Å². The fourth-order valence-corrected chi connectivity index (χ4v) is 3.33. The van der Waals surface area contributed by atoms with Gasteiger partial charge < -0.3 is 5.32 Å². The average molecular weight is 343 g/mol. The number of hydrogen-bond acceptors (Lipinski definition) is 4. The highest BCUT2D eigenvalue weighted by molar-refractivity contribution is 7.99. The first-order valence-corrected chi connectivity index (χ1v) is 8.65. The van der Waals surface area contributed by atoms with Gasteiger partial charge in [0.25, 0.3) is 0 Å². The average Bonchev–Trinajstić information content (AvgIpc) is 3.20. The fourth-order valence-electron chi connectivity index (χ4n) is 1.90. The van der Waals surface area contributed by atoms with E-state index >= 15 is 0 Å². The molecule has 1 heterocycles. The zero-order valence-electron chi connectivity index (χ0n) is 11.4. The smallest absolute Gasteiger partial charge is 0.0964 e. The predicted octanol–water partition coefficient (Wildman–Crippen LogP) is 3.63. The highest BCUT2D eigenvalue weighted by Gasteiger charge is 2.20. The van der Waals surface area contributed by atoms with Crippen molar-refractivity contribution in [2.24, 2.45) is 0 Å². The maximum atomic E-state index is 6.14. The largest absolute Gasteiger partial charge is 0.308 e. The summed E-state index contributed by atoms with van der Waals surface area (Å²) < 4.78 is 1.87. The molecule has 0 unspecified atom stereocenters. The van der Waals surface area contributed by atoms with Crippen LogP contribution in [0.5, 0.6) is 0 Å². The van der Waals surface area contributed by atoms with Gasteiger partial charge >= 0.3 is 0 Å². The van der Waals surface area contributed by atoms with Gasteiger partial charge in [-0.05, 0) is 31.0 Å². The summed E-state index contributed by atoms with van der Waals surface area (Å²) in [5, 5.41) is 13.2. The fraction of sp³-hybridized carbons (Fsp3) is 0.429. The Morgan fingerprint density at radius 2 is 2.19 bits per heavy atom. The molecule has 1 fully saturated rings. The molecule has 7 heteroatoms. The van der Waals surface area contributed by atoms with E-state index in [2.05, 4.69) is 15.6 Å². The highest BCUT2D eigenvalue weighted by atomic mass is 35.5. The van der Waals surface area contributed by atoms with E-state index in [0.717, 1.165) is 34.5 Å². The molecule has 0 saturated heterocycles. The molecule has 1 aromatic heterocycles. The van der Waals surface area contributed by atoms with Gasteiger partial charge in [-0.25, -0.2) is 0 Å². The molecule has 0 bridgehead atoms. The molecule has 0 atom stereocenters. The standard InChI is InChI=1S/C14H16Cl2N4S/c15-10-1-4-13(16)14(7-10)21-6-5-20-9-12(18-19-20)8-17-11-2-3-11/h1,4,7,9,11,17H,2-3,5-6,8H2. The highest BCUT2D eigenvalue weighted by Crippen LogP contribution is 2.29. The van der Waals surface area contributed by atoms with E-state index in [1.54, 1.807) is 17.8 Å². The Labute approximate surface area is 138 Å². The van der Waals surface area contributed by atoms with Crippen LogP contribution in [-0.2, 0) is 13.1 Å². The Balaban J connectivity index is 1.47. The van der Waals surface area contributed by atoms with Crippen molar-refractivity contribution in [3.63, 3.8) is 0 Å². The van der Waals surface area contributed by atoms with Crippen LogP contribution in [0.3, 0.4) is 0 Å². The summed E-state index contributed by atoms with van der Waals surface area (Å²) in [4.78, 5) is 1.000. The van der Waals surface area contributed by atoms with Crippen LogP contribution in [0, 0.1) is 0 Å². The van der Waals surface area contributed by atoms with Gasteiger partial charge in [0.05, 0.1) is 17.3 Å². The summed E-state index contributed by atoms with van der Waals surface area (Å²) in [6.45, 7) is 1.60. The first-order chi connectivity index (χ1) is 10.2. The molecule has 1 aliphatic carbocycles. The molecule has 0 spiro atoms. The summed E-state index contributed by atoms with van der Waals surface area (Å²) in [5.74, 6) is 0.874. The third kappa shape index (κ3) is 4.61. The lowest BCUT2D eigenvalue weighted by Gasteiger charge is -2.04. The van der Waals surface area contributed by atoms with E-state index in [0.29, 0.717) is 11.1 Å². The molecule has 1 N–H and O–H groups in total. The quantitative estimate of drug-likeness (QED) is 0.780. The normalized spacial score (nSPS) is 14.6. The van der Waals surface area contributed by atoms with Gasteiger partial charge in [0, 0.05) is 34.5 Å². The topological polar surface area (TPSA) is 42.7 Å². The van der Waals surface area contributed by atoms with Gasteiger partial charge in [-0.1, -0.05) is 28.4 Å². The van der Waals surface area contributed by atoms with Gasteiger partial charge in [0.1, 0.15) is 0 Å². The number of thioether (sulfide) groups is 1. The SMILES string of the molecule is Clc1ccc(Cl)c(SCCn2cc(CNC3CC3)nn2)c1. The second-order valence-electron chi connectivity index (χ2n) is 5.05. The number of nitrogens with one attached hydrogen (secondary N) is 1. The van der Waals surface area contributed by atoms with Crippen molar-refractivity contribution in [2.45, 2.75) is 36.9 Å². The lowest BCUT2D eigenvalue weighted by atomic mass is 10.4. The zero-order valence-corrected chi connectivity index (χ0v) is 13.8. The minimum absolute atomic E-state index is 0.690. The molecular weight excluding hydrogens is 327 g/mol. The van der Waals surface area contributed by atoms with Crippen molar-refractivity contribution in [3.05, 3.63) is 40.1 Å². The van der Waals surface area contributed by atoms with Crippen molar-refractivity contribution in [1.82, 2.24) is 20.3 Å². The lowest BCUT2D eigenvalue weighted by molar-refractivity contribution is 0.630. The summed E-state index contributed by atoms with van der Waals surface area (Å²) in [6.07, 6.45) is 4.56. The van der Waals surface area contributed by atoms with E-state index in [1.807, 2.05) is 23.0 Å². The summed E-state index contributed by atoms with van der Waals surface area (Å²) in [5.41, 5.74) is 0.993. The number of rotatable bonds is 7. The third-order valence-electron chi connectivity index (χ3n) is 3.21. The van der Waals surface area contributed by atoms with Crippen LogP contribution in [0.25, 0.3) is 0 Å². The molecule has 21 heavy (non-hydrogen) atoms. The summed E-state index contributed by atoms with van der Waals surface area (Å²) >= 11 is 13.8. The van der Waals surface area contributed by atoms with E-state index in [4.69, 9.17) is 23.2 Å². The number of aryl methyl sites for hydroxylation is 1. The summed E-state index contributed by atoms with van der Waals surface area (Å²) in [6, 6.07) is 6.20. The number of hydrogen-bond donors (Lipinski definition) is 1. The minimum atomic E-state index is 0.690. The minimum Gasteiger partial charge on any atom is -0.308 e. The number of halogens is 2. The molecule has 0 amide bonds. The second-order valence-corrected chi connectivity index (χ2v) is 7.03. The molecule has 0 aliphatic heterocycles. The van der Waals surface area contributed by atoms with Gasteiger partial charge in [0.15, 0.2) is 0 Å². The molecule has 112 valence electrons. The lowest BCUT2D eigenvalue weighted by Crippen LogP contribution is -2.15. The van der Waals surface area contributed by atoms with Gasteiger partial charge in [0.2, 0.25) is 0 Å². The van der Waals surface area contributed by atoms with Crippen LogP contribution in [0.1, 0.15) is 18.5 Å². The monoisotopic (exact) mass is 342 g/mol. The molecule has 1 aromatic carbocycles. The number of benzene rings is 1. The van der Waals surface area contributed by atoms with Crippen molar-refractivity contribution in [1.29, 1.82) is 0 Å². The second kappa shape index (κ2) is 7.01. The Kier molecular flexibility index (Phi) is 5.06. The van der Waals surface area contributed by atoms with Gasteiger partial charge in [-0.3, -0.25) is 4.68 Å². The van der Waals surface area contributed by atoms with E-state index in [9.17, 15) is 0 Å². The first kappa shape index (κ1) is 15.2. The Hall–Kier alpha value is -0.750. The van der Waals surface area contributed by atoms with Crippen molar-refractivity contribution < 1.29 is 0 Å². The summed E-state index contributed by atoms with van der Waals surface area (Å²) in [7, 11) is 0. The van der Waals surface area contributed by atoms with Crippen LogP contribution < -0.4 is 5.32 Å². The van der Waals surface area contributed by atoms with Crippen LogP contribution >= 0.6 is 35.0 Å². The molecule has 0 radical (unpaired) electrons. The van der Waals surface area contributed by atoms with Crippen LogP contribution in [0.15, 0.2) is 29.3 Å². The van der Waals surface area contributed by atoms with Crippen LogP contribution in [0.2, 0.25) is 10.0 Å². The molecule has 4 nitrogen and oxygen atoms in total. The Morgan fingerprint density at radius 1 is 1.33 bits per heavy atom. The van der Waals surface area contributed by atoms with Crippen molar-refractivity contribution >= 4 is 35.0 Å². The van der Waals surface area contributed by atoms with Crippen LogP contribution in [-0.4, -0.2) is 26.8 Å².